The molecule has 0 aliphatic carbocycles. The van der Waals surface area contributed by atoms with Crippen molar-refractivity contribution in [2.45, 2.75) is 29.9 Å². The summed E-state index contributed by atoms with van der Waals surface area (Å²) < 4.78 is 36.5. The van der Waals surface area contributed by atoms with Crippen LogP contribution < -0.4 is 5.73 Å². The van der Waals surface area contributed by atoms with Crippen LogP contribution in [0.3, 0.4) is 0 Å². The number of rotatable bonds is 4. The first-order chi connectivity index (χ1) is 11.7. The van der Waals surface area contributed by atoms with Gasteiger partial charge in [0.2, 0.25) is 0 Å². The van der Waals surface area contributed by atoms with E-state index in [0.29, 0.717) is 11.2 Å². The zero-order valence-electron chi connectivity index (χ0n) is 13.4. The molecule has 136 valence electrons. The van der Waals surface area contributed by atoms with Gasteiger partial charge in [-0.3, -0.25) is 9.36 Å². The van der Waals surface area contributed by atoms with Gasteiger partial charge >= 0.3 is 5.97 Å². The summed E-state index contributed by atoms with van der Waals surface area (Å²) in [5, 5.41) is -2.00. The Balaban J connectivity index is 1.99. The van der Waals surface area contributed by atoms with Crippen LogP contribution in [0, 0.1) is 0 Å². The third-order valence-corrected chi connectivity index (χ3v) is 6.10. The number of carbonyl (C=O) groups is 1. The quantitative estimate of drug-likeness (QED) is 0.560. The maximum absolute atomic E-state index is 12.2. The molecule has 1 saturated heterocycles. The highest BCUT2D eigenvalue weighted by molar-refractivity contribution is 7.91. The van der Waals surface area contributed by atoms with Crippen molar-refractivity contribution in [1.82, 2.24) is 19.5 Å². The van der Waals surface area contributed by atoms with Crippen LogP contribution in [0.2, 0.25) is 0 Å². The Kier molecular flexibility index (Phi) is 4.56. The number of nitrogen functional groups attached to an aromatic ring is 1. The maximum atomic E-state index is 12.2. The summed E-state index contributed by atoms with van der Waals surface area (Å²) in [5.41, 5.74) is 6.47. The molecule has 0 spiro atoms. The number of anilines is 1. The summed E-state index contributed by atoms with van der Waals surface area (Å²) in [6.07, 6.45) is 1.94. The molecule has 0 amide bonds. The highest BCUT2D eigenvalue weighted by Crippen LogP contribution is 2.38. The van der Waals surface area contributed by atoms with Crippen LogP contribution >= 0.6 is 11.6 Å². The van der Waals surface area contributed by atoms with Crippen LogP contribution in [0.15, 0.2) is 12.7 Å². The number of aromatic nitrogens is 4. The zero-order valence-corrected chi connectivity index (χ0v) is 14.9. The molecule has 2 N–H and O–H groups in total. The standard InChI is InChI=1S/C13H16ClN5O5S/c1-6(20)23-3-7-10(25(2,21)22)8(14)13(24-7)19-5-18-9-11(15)16-4-17-12(9)19/h4-5,7-8,10,13H,3H2,1-2H3,(H2,15,16,17)/t7-,8+,10-,13-/m1/s1. The number of nitrogens with two attached hydrogens (primary N) is 1. The van der Waals surface area contributed by atoms with Crippen molar-refractivity contribution >= 4 is 44.4 Å². The van der Waals surface area contributed by atoms with Crippen molar-refractivity contribution in [3.63, 3.8) is 0 Å². The zero-order chi connectivity index (χ0) is 18.4. The van der Waals surface area contributed by atoms with Gasteiger partial charge in [-0.15, -0.1) is 11.6 Å². The summed E-state index contributed by atoms with van der Waals surface area (Å²) in [6, 6.07) is 0. The summed E-state index contributed by atoms with van der Waals surface area (Å²) in [7, 11) is -3.57. The second kappa shape index (κ2) is 6.39. The van der Waals surface area contributed by atoms with Gasteiger partial charge in [-0.25, -0.2) is 23.4 Å². The first-order valence-corrected chi connectivity index (χ1v) is 9.64. The summed E-state index contributed by atoms with van der Waals surface area (Å²) in [6.45, 7) is 1.000. The Bertz CT molecular complexity index is 917. The van der Waals surface area contributed by atoms with E-state index in [4.69, 9.17) is 26.8 Å². The molecule has 2 aromatic rings. The largest absolute Gasteiger partial charge is 0.463 e. The van der Waals surface area contributed by atoms with E-state index >= 15 is 0 Å². The number of hydrogen-bond acceptors (Lipinski definition) is 9. The number of halogens is 1. The molecular formula is C13H16ClN5O5S. The molecule has 1 aliphatic heterocycles. The van der Waals surface area contributed by atoms with Gasteiger partial charge in [0.1, 0.15) is 29.8 Å². The molecule has 12 heteroatoms. The molecule has 1 aliphatic rings. The molecule has 10 nitrogen and oxygen atoms in total. The second-order valence-electron chi connectivity index (χ2n) is 5.69. The number of imidazole rings is 1. The van der Waals surface area contributed by atoms with Gasteiger partial charge in [0, 0.05) is 13.2 Å². The van der Waals surface area contributed by atoms with E-state index < -0.39 is 38.8 Å². The molecule has 0 bridgehead atoms. The van der Waals surface area contributed by atoms with Gasteiger partial charge in [0.05, 0.1) is 11.7 Å². The predicted molar refractivity (Wildman–Crippen MR) is 88.6 cm³/mol. The Morgan fingerprint density at radius 2 is 2.16 bits per heavy atom. The number of alkyl halides is 1. The lowest BCUT2D eigenvalue weighted by Gasteiger charge is -2.17. The van der Waals surface area contributed by atoms with Crippen molar-refractivity contribution in [3.05, 3.63) is 12.7 Å². The fraction of sp³-hybridized carbons (Fsp3) is 0.538. The van der Waals surface area contributed by atoms with Crippen LogP contribution in [0.25, 0.3) is 11.2 Å². The monoisotopic (exact) mass is 389 g/mol. The van der Waals surface area contributed by atoms with Crippen LogP contribution in [0.4, 0.5) is 5.82 Å². The third kappa shape index (κ3) is 3.26. The van der Waals surface area contributed by atoms with Crippen LogP contribution in [-0.4, -0.2) is 63.5 Å². The molecule has 25 heavy (non-hydrogen) atoms. The van der Waals surface area contributed by atoms with Crippen molar-refractivity contribution in [2.24, 2.45) is 0 Å². The lowest BCUT2D eigenvalue weighted by molar-refractivity contribution is -0.145. The number of esters is 1. The lowest BCUT2D eigenvalue weighted by atomic mass is 10.2. The summed E-state index contributed by atoms with van der Waals surface area (Å²) in [4.78, 5) is 23.1. The van der Waals surface area contributed by atoms with E-state index in [1.807, 2.05) is 0 Å². The Morgan fingerprint density at radius 1 is 1.44 bits per heavy atom. The molecule has 1 fully saturated rings. The van der Waals surface area contributed by atoms with Gasteiger partial charge in [0.25, 0.3) is 0 Å². The molecule has 3 rings (SSSR count). The smallest absolute Gasteiger partial charge is 0.302 e. The van der Waals surface area contributed by atoms with Crippen molar-refractivity contribution in [1.29, 1.82) is 0 Å². The number of carbonyl (C=O) groups excluding carboxylic acids is 1. The molecular weight excluding hydrogens is 374 g/mol. The van der Waals surface area contributed by atoms with Crippen LogP contribution in [0.1, 0.15) is 13.2 Å². The van der Waals surface area contributed by atoms with Gasteiger partial charge < -0.3 is 15.2 Å². The minimum Gasteiger partial charge on any atom is -0.463 e. The Hall–Kier alpha value is -1.98. The van der Waals surface area contributed by atoms with Gasteiger partial charge in [-0.2, -0.15) is 0 Å². The SMILES string of the molecule is CC(=O)OC[C@H]1O[C@@H](n2cnc3c(N)ncnc32)[C@@H](Cl)[C@@H]1S(C)(=O)=O. The minimum absolute atomic E-state index is 0.184. The van der Waals surface area contributed by atoms with Gasteiger partial charge in [-0.1, -0.05) is 0 Å². The molecule has 0 aromatic carbocycles. The van der Waals surface area contributed by atoms with Crippen molar-refractivity contribution < 1.29 is 22.7 Å². The normalized spacial score (nSPS) is 26.8. The Morgan fingerprint density at radius 3 is 2.80 bits per heavy atom. The molecule has 0 radical (unpaired) electrons. The van der Waals surface area contributed by atoms with E-state index in [-0.39, 0.29) is 12.4 Å². The number of sulfone groups is 1. The van der Waals surface area contributed by atoms with E-state index in [1.165, 1.54) is 24.1 Å². The van der Waals surface area contributed by atoms with Crippen molar-refractivity contribution in [2.75, 3.05) is 18.6 Å². The van der Waals surface area contributed by atoms with E-state index in [9.17, 15) is 13.2 Å². The molecule has 3 heterocycles. The highest BCUT2D eigenvalue weighted by Gasteiger charge is 2.50. The predicted octanol–water partition coefficient (Wildman–Crippen LogP) is -0.110. The lowest BCUT2D eigenvalue weighted by Crippen LogP contribution is -2.38. The van der Waals surface area contributed by atoms with E-state index in [0.717, 1.165) is 6.26 Å². The molecule has 4 atom stereocenters. The fourth-order valence-electron chi connectivity index (χ4n) is 2.82. The highest BCUT2D eigenvalue weighted by atomic mass is 35.5. The topological polar surface area (TPSA) is 139 Å². The van der Waals surface area contributed by atoms with E-state index in [2.05, 4.69) is 15.0 Å². The molecule has 2 aromatic heterocycles. The number of fused-ring (bicyclic) bond motifs is 1. The fourth-order valence-corrected chi connectivity index (χ4v) is 5.02. The van der Waals surface area contributed by atoms with Gasteiger partial charge in [-0.05, 0) is 0 Å². The van der Waals surface area contributed by atoms with Crippen LogP contribution in [-0.2, 0) is 24.1 Å². The first-order valence-electron chi connectivity index (χ1n) is 7.25. The molecule has 0 saturated carbocycles. The average molecular weight is 390 g/mol. The maximum Gasteiger partial charge on any atom is 0.302 e. The van der Waals surface area contributed by atoms with E-state index in [1.54, 1.807) is 0 Å². The summed E-state index contributed by atoms with van der Waals surface area (Å²) >= 11 is 6.40. The number of nitrogens with zero attached hydrogens (tertiary/aromatic N) is 4. The average Bonchev–Trinajstić information content (AvgIpc) is 3.06. The summed E-state index contributed by atoms with van der Waals surface area (Å²) in [5.74, 6) is -0.358. The van der Waals surface area contributed by atoms with Crippen LogP contribution in [0.5, 0.6) is 0 Å². The number of ether oxygens (including phenoxy) is 2. The number of hydrogen-bond donors (Lipinski definition) is 1. The first kappa shape index (κ1) is 17.8. The third-order valence-electron chi connectivity index (χ3n) is 3.87. The van der Waals surface area contributed by atoms with Crippen molar-refractivity contribution in [3.8, 4) is 0 Å². The Labute approximate surface area is 148 Å². The second-order valence-corrected chi connectivity index (χ2v) is 8.40. The molecule has 0 unspecified atom stereocenters. The minimum atomic E-state index is -3.57. The van der Waals surface area contributed by atoms with Gasteiger partial charge in [0.15, 0.2) is 27.5 Å².